The highest BCUT2D eigenvalue weighted by Gasteiger charge is 2.24. The van der Waals surface area contributed by atoms with Crippen LogP contribution >= 0.6 is 15.9 Å². The standard InChI is InChI=1S/C17H17BrFNO5/c18-11-6-12(15(22)13(19)7-11)16(23)14(21)8-20-17(24)25-9-10-4-2-1-3-5-10/h1-7,14,16,21-23H,8-9H2,(H,20,24). The Morgan fingerprint density at radius 1 is 1.24 bits per heavy atom. The van der Waals surface area contributed by atoms with Crippen LogP contribution in [0.2, 0.25) is 0 Å². The SMILES string of the molecule is O=C(NCC(O)C(O)c1cc(Br)cc(F)c1O)OCc1ccccc1. The summed E-state index contributed by atoms with van der Waals surface area (Å²) in [6.07, 6.45) is -3.84. The molecule has 6 nitrogen and oxygen atoms in total. The average molecular weight is 414 g/mol. The number of phenolic OH excluding ortho intramolecular Hbond substituents is 1. The number of halogens is 2. The highest BCUT2D eigenvalue weighted by Crippen LogP contribution is 2.32. The van der Waals surface area contributed by atoms with E-state index in [9.17, 15) is 24.5 Å². The van der Waals surface area contributed by atoms with E-state index in [4.69, 9.17) is 4.74 Å². The number of phenols is 1. The summed E-state index contributed by atoms with van der Waals surface area (Å²) in [4.78, 5) is 11.6. The van der Waals surface area contributed by atoms with Crippen molar-refractivity contribution in [2.75, 3.05) is 6.54 Å². The molecule has 0 spiro atoms. The number of hydrogen-bond acceptors (Lipinski definition) is 5. The molecule has 0 aromatic heterocycles. The van der Waals surface area contributed by atoms with E-state index in [0.717, 1.165) is 11.6 Å². The third kappa shape index (κ3) is 5.42. The van der Waals surface area contributed by atoms with Gasteiger partial charge in [0.25, 0.3) is 0 Å². The Balaban J connectivity index is 1.87. The Labute approximate surface area is 152 Å². The summed E-state index contributed by atoms with van der Waals surface area (Å²) in [5, 5.41) is 31.9. The number of aliphatic hydroxyl groups excluding tert-OH is 2. The van der Waals surface area contributed by atoms with Gasteiger partial charge in [-0.15, -0.1) is 0 Å². The molecule has 2 rings (SSSR count). The van der Waals surface area contributed by atoms with Crippen molar-refractivity contribution in [3.8, 4) is 5.75 Å². The second-order valence-corrected chi connectivity index (χ2v) is 6.20. The fourth-order valence-electron chi connectivity index (χ4n) is 2.09. The molecule has 2 atom stereocenters. The van der Waals surface area contributed by atoms with Gasteiger partial charge in [0.2, 0.25) is 0 Å². The molecule has 0 aliphatic rings. The van der Waals surface area contributed by atoms with E-state index in [-0.39, 0.29) is 18.7 Å². The van der Waals surface area contributed by atoms with Gasteiger partial charge in [-0.3, -0.25) is 0 Å². The fourth-order valence-corrected chi connectivity index (χ4v) is 2.54. The van der Waals surface area contributed by atoms with Crippen molar-refractivity contribution in [3.63, 3.8) is 0 Å². The summed E-state index contributed by atoms with van der Waals surface area (Å²) in [5.74, 6) is -1.70. The lowest BCUT2D eigenvalue weighted by atomic mass is 10.0. The second kappa shape index (κ2) is 8.80. The molecule has 0 aliphatic carbocycles. The summed E-state index contributed by atoms with van der Waals surface area (Å²) < 4.78 is 18.7. The van der Waals surface area contributed by atoms with Gasteiger partial charge in [-0.05, 0) is 17.7 Å². The maximum Gasteiger partial charge on any atom is 0.407 e. The van der Waals surface area contributed by atoms with Gasteiger partial charge in [0.1, 0.15) is 18.8 Å². The number of carbonyl (C=O) groups is 1. The molecule has 1 amide bonds. The number of aromatic hydroxyl groups is 1. The molecule has 0 bridgehead atoms. The summed E-state index contributed by atoms with van der Waals surface area (Å²) in [7, 11) is 0. The molecule has 2 aromatic rings. The van der Waals surface area contributed by atoms with Crippen LogP contribution in [-0.4, -0.2) is 34.1 Å². The largest absolute Gasteiger partial charge is 0.505 e. The smallest absolute Gasteiger partial charge is 0.407 e. The van der Waals surface area contributed by atoms with Crippen LogP contribution in [0.1, 0.15) is 17.2 Å². The lowest BCUT2D eigenvalue weighted by molar-refractivity contribution is 0.0168. The van der Waals surface area contributed by atoms with Crippen LogP contribution in [0.5, 0.6) is 5.75 Å². The molecule has 25 heavy (non-hydrogen) atoms. The molecular weight excluding hydrogens is 397 g/mol. The monoisotopic (exact) mass is 413 g/mol. The molecule has 0 saturated heterocycles. The van der Waals surface area contributed by atoms with Crippen molar-refractivity contribution in [1.82, 2.24) is 5.32 Å². The maximum atomic E-state index is 13.5. The van der Waals surface area contributed by atoms with Crippen molar-refractivity contribution < 1.29 is 29.2 Å². The average Bonchev–Trinajstić information content (AvgIpc) is 2.61. The highest BCUT2D eigenvalue weighted by molar-refractivity contribution is 9.10. The zero-order valence-corrected chi connectivity index (χ0v) is 14.6. The van der Waals surface area contributed by atoms with Crippen LogP contribution < -0.4 is 5.32 Å². The molecule has 134 valence electrons. The van der Waals surface area contributed by atoms with Crippen molar-refractivity contribution in [3.05, 3.63) is 63.9 Å². The van der Waals surface area contributed by atoms with Crippen molar-refractivity contribution in [2.45, 2.75) is 18.8 Å². The molecule has 0 saturated carbocycles. The Bertz CT molecular complexity index is 728. The van der Waals surface area contributed by atoms with Crippen LogP contribution in [0.4, 0.5) is 9.18 Å². The van der Waals surface area contributed by atoms with E-state index in [2.05, 4.69) is 21.2 Å². The molecule has 8 heteroatoms. The minimum atomic E-state index is -1.60. The molecule has 2 unspecified atom stereocenters. The quantitative estimate of drug-likeness (QED) is 0.583. The van der Waals surface area contributed by atoms with E-state index in [0.29, 0.717) is 4.47 Å². The first-order chi connectivity index (χ1) is 11.9. The molecule has 0 radical (unpaired) electrons. The number of nitrogens with one attached hydrogen (secondary N) is 1. The Morgan fingerprint density at radius 3 is 2.60 bits per heavy atom. The topological polar surface area (TPSA) is 99.0 Å². The number of carbonyl (C=O) groups excluding carboxylic acids is 1. The lowest BCUT2D eigenvalue weighted by Gasteiger charge is -2.20. The first-order valence-corrected chi connectivity index (χ1v) is 8.16. The minimum absolute atomic E-state index is 0.0585. The molecule has 0 fully saturated rings. The molecule has 0 aliphatic heterocycles. The number of rotatable bonds is 6. The molecular formula is C17H17BrFNO5. The number of ether oxygens (including phenoxy) is 1. The van der Waals surface area contributed by atoms with E-state index in [1.807, 2.05) is 6.07 Å². The zero-order valence-electron chi connectivity index (χ0n) is 13.0. The van der Waals surface area contributed by atoms with Crippen LogP contribution in [0, 0.1) is 5.82 Å². The summed E-state index contributed by atoms with van der Waals surface area (Å²) in [5.41, 5.74) is 0.603. The van der Waals surface area contributed by atoms with Gasteiger partial charge in [-0.2, -0.15) is 0 Å². The van der Waals surface area contributed by atoms with Crippen molar-refractivity contribution >= 4 is 22.0 Å². The van der Waals surface area contributed by atoms with Crippen molar-refractivity contribution in [2.24, 2.45) is 0 Å². The van der Waals surface area contributed by atoms with E-state index >= 15 is 0 Å². The van der Waals surface area contributed by atoms with E-state index < -0.39 is 29.9 Å². The minimum Gasteiger partial charge on any atom is -0.505 e. The fraction of sp³-hybridized carbons (Fsp3) is 0.235. The van der Waals surface area contributed by atoms with Crippen molar-refractivity contribution in [1.29, 1.82) is 0 Å². The summed E-state index contributed by atoms with van der Waals surface area (Å²) in [6.45, 7) is -0.286. The first kappa shape index (κ1) is 19.2. The molecule has 2 aromatic carbocycles. The van der Waals surface area contributed by atoms with E-state index in [1.165, 1.54) is 6.07 Å². The third-order valence-corrected chi connectivity index (χ3v) is 3.87. The predicted molar refractivity (Wildman–Crippen MR) is 91.4 cm³/mol. The van der Waals surface area contributed by atoms with Gasteiger partial charge in [0.05, 0.1) is 0 Å². The summed E-state index contributed by atoms with van der Waals surface area (Å²) >= 11 is 3.04. The van der Waals surface area contributed by atoms with Gasteiger partial charge in [0, 0.05) is 16.6 Å². The van der Waals surface area contributed by atoms with Crippen LogP contribution in [-0.2, 0) is 11.3 Å². The Hall–Kier alpha value is -2.16. The van der Waals surface area contributed by atoms with E-state index in [1.54, 1.807) is 24.3 Å². The molecule has 4 N–H and O–H groups in total. The zero-order chi connectivity index (χ0) is 18.4. The third-order valence-electron chi connectivity index (χ3n) is 3.41. The molecule has 0 heterocycles. The summed E-state index contributed by atoms with van der Waals surface area (Å²) in [6, 6.07) is 11.3. The normalized spacial score (nSPS) is 13.1. The number of aliphatic hydroxyl groups is 2. The Kier molecular flexibility index (Phi) is 6.74. The first-order valence-electron chi connectivity index (χ1n) is 7.37. The van der Waals surface area contributed by atoms with Crippen LogP contribution in [0.25, 0.3) is 0 Å². The van der Waals surface area contributed by atoms with Crippen LogP contribution in [0.3, 0.4) is 0 Å². The number of alkyl carbamates (subject to hydrolysis) is 1. The number of hydrogen-bond donors (Lipinski definition) is 4. The highest BCUT2D eigenvalue weighted by atomic mass is 79.9. The van der Waals surface area contributed by atoms with Crippen LogP contribution in [0.15, 0.2) is 46.9 Å². The predicted octanol–water partition coefficient (Wildman–Crippen LogP) is 2.61. The van der Waals surface area contributed by atoms with Gasteiger partial charge in [-0.25, -0.2) is 9.18 Å². The Morgan fingerprint density at radius 2 is 1.92 bits per heavy atom. The van der Waals surface area contributed by atoms with Gasteiger partial charge in [-0.1, -0.05) is 46.3 Å². The number of benzene rings is 2. The maximum absolute atomic E-state index is 13.5. The second-order valence-electron chi connectivity index (χ2n) is 5.28. The van der Waals surface area contributed by atoms with Gasteiger partial charge >= 0.3 is 6.09 Å². The lowest BCUT2D eigenvalue weighted by Crippen LogP contribution is -2.35. The number of amides is 1. The van der Waals surface area contributed by atoms with Gasteiger partial charge in [0.15, 0.2) is 11.6 Å². The van der Waals surface area contributed by atoms with Gasteiger partial charge < -0.3 is 25.4 Å².